The molecule has 1 aliphatic rings. The number of nitrogens with one attached hydrogen (secondary N) is 1. The van der Waals surface area contributed by atoms with Crippen LogP contribution in [0.15, 0.2) is 33.8 Å². The largest absolute Gasteiger partial charge is 0.486 e. The Hall–Kier alpha value is -2.68. The Kier molecular flexibility index (Phi) is 4.58. The summed E-state index contributed by atoms with van der Waals surface area (Å²) in [5.41, 5.74) is 0.649. The average Bonchev–Trinajstić information content (AvgIpc) is 2.94. The molecular weight excluding hydrogens is 346 g/mol. The quantitative estimate of drug-likeness (QED) is 0.867. The Bertz CT molecular complexity index is 902. The van der Waals surface area contributed by atoms with Gasteiger partial charge in [-0.15, -0.1) is 0 Å². The number of rotatable bonds is 5. The van der Waals surface area contributed by atoms with Gasteiger partial charge < -0.3 is 18.9 Å². The highest BCUT2D eigenvalue weighted by Crippen LogP contribution is 2.34. The van der Waals surface area contributed by atoms with Crippen LogP contribution in [0, 0.1) is 6.92 Å². The van der Waals surface area contributed by atoms with E-state index in [4.69, 9.17) is 14.0 Å². The average molecular weight is 365 g/mol. The van der Waals surface area contributed by atoms with E-state index in [9.17, 15) is 8.42 Å². The van der Waals surface area contributed by atoms with Crippen LogP contribution in [0.1, 0.15) is 11.5 Å². The van der Waals surface area contributed by atoms with Crippen LogP contribution in [0.4, 0.5) is 5.69 Å². The molecule has 0 amide bonds. The molecular formula is C16H19N3O5S. The topological polar surface area (TPSA) is 93.9 Å². The molecule has 0 spiro atoms. The van der Waals surface area contributed by atoms with Crippen molar-refractivity contribution in [3.05, 3.63) is 35.9 Å². The van der Waals surface area contributed by atoms with Crippen molar-refractivity contribution in [3.8, 4) is 11.5 Å². The Balaban J connectivity index is 1.91. The molecule has 3 rings (SSSR count). The highest BCUT2D eigenvalue weighted by atomic mass is 32.2. The van der Waals surface area contributed by atoms with E-state index in [0.717, 1.165) is 0 Å². The smallest absolute Gasteiger partial charge is 0.267 e. The first kappa shape index (κ1) is 17.2. The van der Waals surface area contributed by atoms with E-state index in [0.29, 0.717) is 30.4 Å². The number of fused-ring (bicyclic) bond motifs is 1. The maximum Gasteiger partial charge on any atom is 0.267 e. The lowest BCUT2D eigenvalue weighted by Gasteiger charge is -2.19. The van der Waals surface area contributed by atoms with Crippen LogP contribution < -0.4 is 14.2 Å². The highest BCUT2D eigenvalue weighted by molar-refractivity contribution is 7.92. The molecule has 1 aliphatic heterocycles. The molecule has 8 nitrogen and oxygen atoms in total. The molecule has 1 N–H and O–H groups in total. The molecule has 0 atom stereocenters. The van der Waals surface area contributed by atoms with Crippen LogP contribution >= 0.6 is 0 Å². The van der Waals surface area contributed by atoms with Crippen LogP contribution in [0.2, 0.25) is 0 Å². The zero-order valence-corrected chi connectivity index (χ0v) is 15.0. The van der Waals surface area contributed by atoms with Crippen LogP contribution in [0.5, 0.6) is 11.5 Å². The number of ether oxygens (including phenoxy) is 2. The number of aryl methyl sites for hydroxylation is 1. The summed E-state index contributed by atoms with van der Waals surface area (Å²) < 4.78 is 44.1. The van der Waals surface area contributed by atoms with Gasteiger partial charge in [-0.05, 0) is 19.1 Å². The van der Waals surface area contributed by atoms with Gasteiger partial charge in [0.1, 0.15) is 18.9 Å². The molecule has 9 heteroatoms. The van der Waals surface area contributed by atoms with Crippen molar-refractivity contribution in [2.24, 2.45) is 0 Å². The summed E-state index contributed by atoms with van der Waals surface area (Å²) in [4.78, 5) is 1.77. The Labute approximate surface area is 146 Å². The normalized spacial score (nSPS) is 13.9. The lowest BCUT2D eigenvalue weighted by Crippen LogP contribution is -2.17. The van der Waals surface area contributed by atoms with Gasteiger partial charge >= 0.3 is 0 Å². The molecule has 2 aromatic rings. The van der Waals surface area contributed by atoms with Gasteiger partial charge in [-0.25, -0.2) is 8.42 Å². The van der Waals surface area contributed by atoms with Gasteiger partial charge in [-0.1, -0.05) is 5.16 Å². The minimum Gasteiger partial charge on any atom is -0.486 e. The van der Waals surface area contributed by atoms with Crippen LogP contribution in [-0.4, -0.2) is 45.8 Å². The number of aromatic nitrogens is 1. The van der Waals surface area contributed by atoms with Crippen molar-refractivity contribution in [3.63, 3.8) is 0 Å². The molecule has 0 saturated carbocycles. The summed E-state index contributed by atoms with van der Waals surface area (Å²) >= 11 is 0. The lowest BCUT2D eigenvalue weighted by atomic mass is 10.3. The molecule has 0 fully saturated rings. The first-order valence-corrected chi connectivity index (χ1v) is 9.08. The SMILES string of the molecule is Cc1noc(/C=C/N(C)C)c1S(=O)(=O)Nc1ccc2c(c1)OCCO2. The second-order valence-corrected chi connectivity index (χ2v) is 7.32. The van der Waals surface area contributed by atoms with E-state index in [1.807, 2.05) is 14.1 Å². The van der Waals surface area contributed by atoms with E-state index < -0.39 is 10.0 Å². The molecule has 0 unspecified atom stereocenters. The maximum absolute atomic E-state index is 12.8. The first-order chi connectivity index (χ1) is 11.9. The van der Waals surface area contributed by atoms with Gasteiger partial charge in [0, 0.05) is 32.4 Å². The van der Waals surface area contributed by atoms with Crippen molar-refractivity contribution in [1.29, 1.82) is 0 Å². The number of anilines is 1. The van der Waals surface area contributed by atoms with Gasteiger partial charge in [0.15, 0.2) is 22.2 Å². The Morgan fingerprint density at radius 2 is 1.92 bits per heavy atom. The molecule has 1 aromatic carbocycles. The van der Waals surface area contributed by atoms with Gasteiger partial charge in [-0.3, -0.25) is 4.72 Å². The Morgan fingerprint density at radius 1 is 1.20 bits per heavy atom. The summed E-state index contributed by atoms with van der Waals surface area (Å²) in [5.74, 6) is 1.25. The predicted octanol–water partition coefficient (Wildman–Crippen LogP) is 2.09. The molecule has 134 valence electrons. The zero-order chi connectivity index (χ0) is 18.0. The summed E-state index contributed by atoms with van der Waals surface area (Å²) in [7, 11) is -0.237. The van der Waals surface area contributed by atoms with Crippen molar-refractivity contribution < 1.29 is 22.4 Å². The summed E-state index contributed by atoms with van der Waals surface area (Å²) in [5, 5.41) is 3.76. The van der Waals surface area contributed by atoms with E-state index in [2.05, 4.69) is 9.88 Å². The van der Waals surface area contributed by atoms with Crippen molar-refractivity contribution in [2.45, 2.75) is 11.8 Å². The Morgan fingerprint density at radius 3 is 2.64 bits per heavy atom. The van der Waals surface area contributed by atoms with Crippen LogP contribution in [-0.2, 0) is 10.0 Å². The molecule has 25 heavy (non-hydrogen) atoms. The minimum absolute atomic E-state index is 0.000453. The number of sulfonamides is 1. The van der Waals surface area contributed by atoms with E-state index >= 15 is 0 Å². The fourth-order valence-corrected chi connectivity index (χ4v) is 3.68. The van der Waals surface area contributed by atoms with Crippen molar-refractivity contribution in [1.82, 2.24) is 10.1 Å². The van der Waals surface area contributed by atoms with E-state index in [1.165, 1.54) is 0 Å². The number of benzene rings is 1. The summed E-state index contributed by atoms with van der Waals surface area (Å²) in [6.07, 6.45) is 3.24. The van der Waals surface area contributed by atoms with E-state index in [-0.39, 0.29) is 16.3 Å². The second-order valence-electron chi connectivity index (χ2n) is 5.70. The summed E-state index contributed by atoms with van der Waals surface area (Å²) in [6.45, 7) is 2.47. The lowest BCUT2D eigenvalue weighted by molar-refractivity contribution is 0.171. The standard InChI is InChI=1S/C16H19N3O5S/c1-11-16(14(24-17-11)6-7-19(2)3)25(20,21)18-12-4-5-13-15(10-12)23-9-8-22-13/h4-7,10,18H,8-9H2,1-3H3/b7-6+. The van der Waals surface area contributed by atoms with Crippen molar-refractivity contribution in [2.75, 3.05) is 32.0 Å². The second kappa shape index (κ2) is 6.67. The molecule has 2 heterocycles. The van der Waals surface area contributed by atoms with Crippen LogP contribution in [0.3, 0.4) is 0 Å². The fourth-order valence-electron chi connectivity index (χ4n) is 2.34. The third-order valence-corrected chi connectivity index (χ3v) is 4.96. The van der Waals surface area contributed by atoms with Gasteiger partial charge in [0.25, 0.3) is 10.0 Å². The first-order valence-electron chi connectivity index (χ1n) is 7.60. The molecule has 0 saturated heterocycles. The minimum atomic E-state index is -3.88. The van der Waals surface area contributed by atoms with Gasteiger partial charge in [-0.2, -0.15) is 0 Å². The maximum atomic E-state index is 12.8. The number of hydrogen-bond donors (Lipinski definition) is 1. The molecule has 1 aromatic heterocycles. The number of hydrogen-bond acceptors (Lipinski definition) is 7. The third-order valence-electron chi connectivity index (χ3n) is 3.42. The van der Waals surface area contributed by atoms with Crippen molar-refractivity contribution >= 4 is 21.8 Å². The fraction of sp³-hybridized carbons (Fsp3) is 0.312. The third kappa shape index (κ3) is 3.71. The van der Waals surface area contributed by atoms with E-state index in [1.54, 1.807) is 42.3 Å². The summed E-state index contributed by atoms with van der Waals surface area (Å²) in [6, 6.07) is 4.87. The molecule has 0 bridgehead atoms. The zero-order valence-electron chi connectivity index (χ0n) is 14.1. The van der Waals surface area contributed by atoms with Gasteiger partial charge in [0.2, 0.25) is 0 Å². The molecule has 0 radical (unpaired) electrons. The van der Waals surface area contributed by atoms with Gasteiger partial charge in [0.05, 0.1) is 5.69 Å². The number of nitrogens with zero attached hydrogens (tertiary/aromatic N) is 2. The highest BCUT2D eigenvalue weighted by Gasteiger charge is 2.26. The predicted molar refractivity (Wildman–Crippen MR) is 92.2 cm³/mol. The monoisotopic (exact) mass is 365 g/mol. The van der Waals surface area contributed by atoms with Crippen LogP contribution in [0.25, 0.3) is 6.08 Å². The molecule has 0 aliphatic carbocycles.